The van der Waals surface area contributed by atoms with E-state index in [4.69, 9.17) is 0 Å². The normalized spacial score (nSPS) is 17.1. The van der Waals surface area contributed by atoms with Gasteiger partial charge in [-0.3, -0.25) is 0 Å². The highest BCUT2D eigenvalue weighted by Gasteiger charge is 2.37. The lowest BCUT2D eigenvalue weighted by Crippen LogP contribution is -2.43. The van der Waals surface area contributed by atoms with E-state index in [0.717, 1.165) is 31.0 Å². The van der Waals surface area contributed by atoms with Crippen molar-refractivity contribution >= 4 is 11.6 Å². The van der Waals surface area contributed by atoms with E-state index >= 15 is 0 Å². The fraction of sp³-hybridized carbons (Fsp3) is 0.714. The molecule has 1 heterocycles. The molecule has 0 atom stereocenters. The highest BCUT2D eigenvalue weighted by Crippen LogP contribution is 2.41. The number of anilines is 2. The van der Waals surface area contributed by atoms with Gasteiger partial charge in [-0.25, -0.2) is 9.97 Å². The molecule has 0 aromatic carbocycles. The summed E-state index contributed by atoms with van der Waals surface area (Å²) >= 11 is 0. The number of aliphatic hydroxyl groups excluding tert-OH is 1. The first kappa shape index (κ1) is 14.1. The third-order valence-electron chi connectivity index (χ3n) is 3.80. The molecule has 0 radical (unpaired) electrons. The Labute approximate surface area is 115 Å². The number of nitrogens with zero attached hydrogens (tertiary/aromatic N) is 3. The van der Waals surface area contributed by atoms with Crippen LogP contribution in [0, 0.1) is 5.41 Å². The van der Waals surface area contributed by atoms with Crippen molar-refractivity contribution in [2.75, 3.05) is 30.4 Å². The van der Waals surface area contributed by atoms with Crippen molar-refractivity contribution in [3.8, 4) is 0 Å². The summed E-state index contributed by atoms with van der Waals surface area (Å²) in [4.78, 5) is 10.6. The minimum absolute atomic E-state index is 0.0747. The predicted molar refractivity (Wildman–Crippen MR) is 77.4 cm³/mol. The van der Waals surface area contributed by atoms with E-state index in [9.17, 15) is 5.11 Å². The largest absolute Gasteiger partial charge is 0.396 e. The van der Waals surface area contributed by atoms with Gasteiger partial charge in [0.25, 0.3) is 0 Å². The van der Waals surface area contributed by atoms with Crippen LogP contribution in [0.5, 0.6) is 0 Å². The minimum atomic E-state index is 0.0747. The molecule has 1 aliphatic carbocycles. The third-order valence-corrected chi connectivity index (χ3v) is 3.80. The van der Waals surface area contributed by atoms with Gasteiger partial charge in [-0.1, -0.05) is 6.42 Å². The molecule has 1 fully saturated rings. The van der Waals surface area contributed by atoms with E-state index < -0.39 is 0 Å². The molecule has 5 nitrogen and oxygen atoms in total. The van der Waals surface area contributed by atoms with Crippen molar-refractivity contribution in [3.63, 3.8) is 0 Å². The van der Waals surface area contributed by atoms with Gasteiger partial charge in [0.1, 0.15) is 18.0 Å². The van der Waals surface area contributed by atoms with Gasteiger partial charge in [0.2, 0.25) is 0 Å². The lowest BCUT2D eigenvalue weighted by Gasteiger charge is -2.43. The van der Waals surface area contributed by atoms with E-state index in [0.29, 0.717) is 6.04 Å². The topological polar surface area (TPSA) is 61.3 Å². The summed E-state index contributed by atoms with van der Waals surface area (Å²) in [6.45, 7) is 5.28. The quantitative estimate of drug-likeness (QED) is 0.821. The van der Waals surface area contributed by atoms with Crippen LogP contribution in [0.2, 0.25) is 0 Å². The molecule has 0 unspecified atom stereocenters. The van der Waals surface area contributed by atoms with Crippen LogP contribution in [0.25, 0.3) is 0 Å². The van der Waals surface area contributed by atoms with Crippen molar-refractivity contribution in [1.82, 2.24) is 9.97 Å². The first-order chi connectivity index (χ1) is 9.04. The Morgan fingerprint density at radius 1 is 1.42 bits per heavy atom. The molecule has 0 spiro atoms. The smallest absolute Gasteiger partial charge is 0.133 e. The van der Waals surface area contributed by atoms with Crippen molar-refractivity contribution in [1.29, 1.82) is 0 Å². The number of aromatic nitrogens is 2. The fourth-order valence-electron chi connectivity index (χ4n) is 2.56. The van der Waals surface area contributed by atoms with Gasteiger partial charge in [0.05, 0.1) is 6.61 Å². The zero-order valence-electron chi connectivity index (χ0n) is 12.1. The first-order valence-corrected chi connectivity index (χ1v) is 6.95. The maximum Gasteiger partial charge on any atom is 0.133 e. The fourth-order valence-corrected chi connectivity index (χ4v) is 2.56. The summed E-state index contributed by atoms with van der Waals surface area (Å²) in [6.07, 6.45) is 5.02. The first-order valence-electron chi connectivity index (χ1n) is 6.95. The molecular formula is C14H24N4O. The van der Waals surface area contributed by atoms with Gasteiger partial charge in [-0.15, -0.1) is 0 Å². The van der Waals surface area contributed by atoms with E-state index in [1.54, 1.807) is 6.33 Å². The molecule has 0 aliphatic heterocycles. The van der Waals surface area contributed by atoms with E-state index in [-0.39, 0.29) is 12.0 Å². The molecule has 0 amide bonds. The second-order valence-electron chi connectivity index (χ2n) is 5.93. The van der Waals surface area contributed by atoms with Gasteiger partial charge < -0.3 is 15.3 Å². The maximum absolute atomic E-state index is 9.53. The Bertz CT molecular complexity index is 412. The summed E-state index contributed by atoms with van der Waals surface area (Å²) in [5, 5.41) is 12.8. The predicted octanol–water partition coefficient (Wildman–Crippen LogP) is 1.90. The van der Waals surface area contributed by atoms with Gasteiger partial charge in [0.15, 0.2) is 0 Å². The molecule has 5 heteroatoms. The van der Waals surface area contributed by atoms with Gasteiger partial charge in [0, 0.05) is 31.1 Å². The summed E-state index contributed by atoms with van der Waals surface area (Å²) < 4.78 is 0. The van der Waals surface area contributed by atoms with Crippen LogP contribution < -0.4 is 10.2 Å². The van der Waals surface area contributed by atoms with Gasteiger partial charge >= 0.3 is 0 Å². The molecule has 0 bridgehead atoms. The highest BCUT2D eigenvalue weighted by atomic mass is 16.3. The SMILES string of the molecule is CC(C)Nc1cc(N(C)CC2(CO)CCC2)ncn1. The summed E-state index contributed by atoms with van der Waals surface area (Å²) in [5.74, 6) is 1.75. The van der Waals surface area contributed by atoms with Crippen molar-refractivity contribution in [3.05, 3.63) is 12.4 Å². The maximum atomic E-state index is 9.53. The molecule has 2 N–H and O–H groups in total. The standard InChI is InChI=1S/C14H24N4O/c1-11(2)17-12-7-13(16-10-15-12)18(3)8-14(9-19)5-4-6-14/h7,10-11,19H,4-6,8-9H2,1-3H3,(H,15,16,17). The number of hydrogen-bond donors (Lipinski definition) is 2. The van der Waals surface area contributed by atoms with Gasteiger partial charge in [-0.05, 0) is 26.7 Å². The third kappa shape index (κ3) is 3.35. The number of hydrogen-bond acceptors (Lipinski definition) is 5. The molecule has 1 aromatic heterocycles. The Morgan fingerprint density at radius 2 is 2.16 bits per heavy atom. The van der Waals surface area contributed by atoms with E-state index in [1.165, 1.54) is 6.42 Å². The monoisotopic (exact) mass is 264 g/mol. The minimum Gasteiger partial charge on any atom is -0.396 e. The Balaban J connectivity index is 2.04. The molecule has 1 aromatic rings. The number of rotatable bonds is 6. The van der Waals surface area contributed by atoms with Gasteiger partial charge in [-0.2, -0.15) is 0 Å². The van der Waals surface area contributed by atoms with Crippen LogP contribution in [0.15, 0.2) is 12.4 Å². The molecule has 1 saturated carbocycles. The zero-order chi connectivity index (χ0) is 13.9. The molecule has 1 aliphatic rings. The summed E-state index contributed by atoms with van der Waals surface area (Å²) in [6, 6.07) is 2.31. The molecule has 2 rings (SSSR count). The lowest BCUT2D eigenvalue weighted by molar-refractivity contribution is 0.0523. The van der Waals surface area contributed by atoms with Crippen LogP contribution in [0.1, 0.15) is 33.1 Å². The zero-order valence-corrected chi connectivity index (χ0v) is 12.1. The average Bonchev–Trinajstić information content (AvgIpc) is 2.33. The summed E-state index contributed by atoms with van der Waals surface area (Å²) in [7, 11) is 2.03. The van der Waals surface area contributed by atoms with Crippen molar-refractivity contribution in [2.45, 2.75) is 39.2 Å². The second-order valence-corrected chi connectivity index (χ2v) is 5.93. The van der Waals surface area contributed by atoms with Crippen LogP contribution >= 0.6 is 0 Å². The Morgan fingerprint density at radius 3 is 2.68 bits per heavy atom. The molecular weight excluding hydrogens is 240 g/mol. The Kier molecular flexibility index (Phi) is 4.24. The summed E-state index contributed by atoms with van der Waals surface area (Å²) in [5.41, 5.74) is 0.0747. The lowest BCUT2D eigenvalue weighted by atomic mass is 9.69. The second kappa shape index (κ2) is 5.74. The van der Waals surface area contributed by atoms with E-state index in [1.807, 2.05) is 13.1 Å². The molecule has 19 heavy (non-hydrogen) atoms. The van der Waals surface area contributed by atoms with Crippen LogP contribution in [0.3, 0.4) is 0 Å². The average molecular weight is 264 g/mol. The highest BCUT2D eigenvalue weighted by molar-refractivity contribution is 5.48. The molecule has 106 valence electrons. The van der Waals surface area contributed by atoms with Crippen LogP contribution in [-0.2, 0) is 0 Å². The van der Waals surface area contributed by atoms with Crippen molar-refractivity contribution in [2.24, 2.45) is 5.41 Å². The van der Waals surface area contributed by atoms with Crippen molar-refractivity contribution < 1.29 is 5.11 Å². The van der Waals surface area contributed by atoms with Crippen LogP contribution in [-0.4, -0.2) is 41.3 Å². The molecule has 0 saturated heterocycles. The van der Waals surface area contributed by atoms with Crippen LogP contribution in [0.4, 0.5) is 11.6 Å². The Hall–Kier alpha value is -1.36. The number of aliphatic hydroxyl groups is 1. The van der Waals surface area contributed by atoms with E-state index in [2.05, 4.69) is 34.0 Å². The number of nitrogens with one attached hydrogen (secondary N) is 1.